The Morgan fingerprint density at radius 3 is 2.69 bits per heavy atom. The summed E-state index contributed by atoms with van der Waals surface area (Å²) in [7, 11) is 1.58. The van der Waals surface area contributed by atoms with Crippen molar-refractivity contribution in [2.75, 3.05) is 13.7 Å². The van der Waals surface area contributed by atoms with Gasteiger partial charge in [0.2, 0.25) is 0 Å². The zero-order valence-electron chi connectivity index (χ0n) is 14.6. The van der Waals surface area contributed by atoms with Crippen LogP contribution in [0.25, 0.3) is 16.5 Å². The number of hydrogen-bond donors (Lipinski definition) is 1. The van der Waals surface area contributed by atoms with E-state index in [2.05, 4.69) is 11.1 Å². The first kappa shape index (κ1) is 17.3. The number of fused-ring (bicyclic) bond motifs is 1. The number of benzene rings is 2. The number of aromatic nitrogens is 1. The first-order chi connectivity index (χ1) is 12.7. The second-order valence-corrected chi connectivity index (χ2v) is 5.59. The molecule has 1 heterocycles. The maximum Gasteiger partial charge on any atom is 0.331 e. The highest BCUT2D eigenvalue weighted by molar-refractivity contribution is 6.05. The number of ether oxygens (including phenoxy) is 2. The Bertz CT molecular complexity index is 1010. The quantitative estimate of drug-likeness (QED) is 0.559. The van der Waals surface area contributed by atoms with Crippen LogP contribution in [0.15, 0.2) is 54.7 Å². The van der Waals surface area contributed by atoms with E-state index in [0.29, 0.717) is 23.5 Å². The van der Waals surface area contributed by atoms with Crippen LogP contribution in [0.4, 0.5) is 0 Å². The molecule has 0 unspecified atom stereocenters. The average Bonchev–Trinajstić information content (AvgIpc) is 3.09. The molecular formula is C21H18N2O3. The van der Waals surface area contributed by atoms with E-state index in [-0.39, 0.29) is 0 Å². The fourth-order valence-electron chi connectivity index (χ4n) is 2.90. The minimum Gasteiger partial charge on any atom is -0.497 e. The van der Waals surface area contributed by atoms with Gasteiger partial charge in [-0.25, -0.2) is 4.79 Å². The summed E-state index contributed by atoms with van der Waals surface area (Å²) in [4.78, 5) is 15.3. The topological polar surface area (TPSA) is 75.1 Å². The van der Waals surface area contributed by atoms with Crippen LogP contribution in [0.1, 0.15) is 23.6 Å². The molecule has 3 rings (SSSR count). The smallest absolute Gasteiger partial charge is 0.331 e. The van der Waals surface area contributed by atoms with Crippen molar-refractivity contribution in [2.24, 2.45) is 0 Å². The van der Waals surface area contributed by atoms with Crippen molar-refractivity contribution in [3.8, 4) is 11.8 Å². The number of nitrogens with one attached hydrogen (secondary N) is 1. The molecule has 26 heavy (non-hydrogen) atoms. The van der Waals surface area contributed by atoms with Crippen molar-refractivity contribution >= 4 is 22.4 Å². The molecule has 2 aromatic carbocycles. The van der Waals surface area contributed by atoms with Crippen LogP contribution in [0, 0.1) is 11.3 Å². The van der Waals surface area contributed by atoms with Crippen molar-refractivity contribution in [1.29, 1.82) is 5.26 Å². The van der Waals surface area contributed by atoms with Gasteiger partial charge in [0.15, 0.2) is 0 Å². The number of nitrogens with zero attached hydrogens (tertiary/aromatic N) is 1. The maximum absolute atomic E-state index is 12.2. The van der Waals surface area contributed by atoms with Crippen LogP contribution >= 0.6 is 0 Å². The number of carbonyl (C=O) groups is 1. The normalized spacial score (nSPS) is 11.2. The van der Waals surface area contributed by atoms with Gasteiger partial charge in [0.1, 0.15) is 11.8 Å². The van der Waals surface area contributed by atoms with E-state index in [1.165, 1.54) is 6.08 Å². The van der Waals surface area contributed by atoms with Gasteiger partial charge in [-0.15, -0.1) is 0 Å². The molecule has 5 nitrogen and oxygen atoms in total. The monoisotopic (exact) mass is 346 g/mol. The molecule has 0 saturated heterocycles. The van der Waals surface area contributed by atoms with Crippen LogP contribution in [0.3, 0.4) is 0 Å². The van der Waals surface area contributed by atoms with E-state index in [1.807, 2.05) is 42.5 Å². The molecule has 1 N–H and O–H groups in total. The van der Waals surface area contributed by atoms with Gasteiger partial charge in [0.05, 0.1) is 24.8 Å². The fraction of sp³-hybridized carbons (Fsp3) is 0.143. The van der Waals surface area contributed by atoms with Gasteiger partial charge in [0, 0.05) is 23.7 Å². The largest absolute Gasteiger partial charge is 0.497 e. The van der Waals surface area contributed by atoms with E-state index in [4.69, 9.17) is 9.47 Å². The third-order valence-electron chi connectivity index (χ3n) is 4.03. The van der Waals surface area contributed by atoms with Gasteiger partial charge in [-0.3, -0.25) is 0 Å². The highest BCUT2D eigenvalue weighted by atomic mass is 16.5. The molecule has 0 amide bonds. The summed E-state index contributed by atoms with van der Waals surface area (Å²) in [5, 5.41) is 10.2. The average molecular weight is 346 g/mol. The Morgan fingerprint density at radius 2 is 2.04 bits per heavy atom. The molecule has 0 aliphatic carbocycles. The van der Waals surface area contributed by atoms with Gasteiger partial charge in [-0.05, 0) is 29.7 Å². The third kappa shape index (κ3) is 3.31. The van der Waals surface area contributed by atoms with Crippen LogP contribution in [0.5, 0.6) is 5.75 Å². The molecule has 0 aliphatic rings. The summed E-state index contributed by atoms with van der Waals surface area (Å²) in [6.07, 6.45) is 3.11. The SMILES string of the molecule is CCOC(=O)C=C(c1ccccc1)c1cc(OC)cc2[nH]cc(C#N)c12. The first-order valence-corrected chi connectivity index (χ1v) is 8.21. The molecule has 5 heteroatoms. The third-order valence-corrected chi connectivity index (χ3v) is 4.03. The molecular weight excluding hydrogens is 328 g/mol. The highest BCUT2D eigenvalue weighted by Gasteiger charge is 2.17. The Kier molecular flexibility index (Phi) is 5.04. The summed E-state index contributed by atoms with van der Waals surface area (Å²) in [5.41, 5.74) is 3.52. The molecule has 0 spiro atoms. The Hall–Kier alpha value is -3.52. The van der Waals surface area contributed by atoms with Crippen molar-refractivity contribution < 1.29 is 14.3 Å². The van der Waals surface area contributed by atoms with E-state index in [0.717, 1.165) is 22.0 Å². The summed E-state index contributed by atoms with van der Waals surface area (Å²) >= 11 is 0. The number of carbonyl (C=O) groups excluding carboxylic acids is 1. The molecule has 130 valence electrons. The standard InChI is InChI=1S/C21H18N2O3/c1-3-26-20(24)11-17(14-7-5-4-6-8-14)18-9-16(25-2)10-19-21(18)15(12-22)13-23-19/h4-11,13,23H,3H2,1-2H3. The van der Waals surface area contributed by atoms with Crippen LogP contribution in [-0.2, 0) is 9.53 Å². The van der Waals surface area contributed by atoms with Crippen LogP contribution in [-0.4, -0.2) is 24.7 Å². The zero-order valence-corrected chi connectivity index (χ0v) is 14.6. The predicted octanol–water partition coefficient (Wildman–Crippen LogP) is 4.04. The van der Waals surface area contributed by atoms with Crippen molar-refractivity contribution in [3.63, 3.8) is 0 Å². The van der Waals surface area contributed by atoms with Gasteiger partial charge in [-0.2, -0.15) is 5.26 Å². The van der Waals surface area contributed by atoms with Crippen molar-refractivity contribution in [3.05, 3.63) is 71.4 Å². The number of aromatic amines is 1. The summed E-state index contributed by atoms with van der Waals surface area (Å²) in [5.74, 6) is 0.195. The maximum atomic E-state index is 12.2. The summed E-state index contributed by atoms with van der Waals surface area (Å²) in [6, 6.07) is 15.4. The molecule has 0 saturated carbocycles. The van der Waals surface area contributed by atoms with E-state index in [1.54, 1.807) is 20.2 Å². The minimum atomic E-state index is -0.434. The van der Waals surface area contributed by atoms with Crippen LogP contribution in [0.2, 0.25) is 0 Å². The number of H-pyrrole nitrogens is 1. The number of hydrogen-bond acceptors (Lipinski definition) is 4. The predicted molar refractivity (Wildman–Crippen MR) is 99.7 cm³/mol. The molecule has 0 aliphatic heterocycles. The molecule has 0 fully saturated rings. The van der Waals surface area contributed by atoms with E-state index < -0.39 is 5.97 Å². The summed E-state index contributed by atoms with van der Waals surface area (Å²) in [6.45, 7) is 2.05. The Labute approximate surface area is 151 Å². The molecule has 0 radical (unpaired) electrons. The lowest BCUT2D eigenvalue weighted by atomic mass is 9.93. The van der Waals surface area contributed by atoms with Crippen molar-refractivity contribution in [1.82, 2.24) is 4.98 Å². The van der Waals surface area contributed by atoms with Gasteiger partial charge >= 0.3 is 5.97 Å². The van der Waals surface area contributed by atoms with Crippen molar-refractivity contribution in [2.45, 2.75) is 6.92 Å². The van der Waals surface area contributed by atoms with Gasteiger partial charge in [-0.1, -0.05) is 30.3 Å². The first-order valence-electron chi connectivity index (χ1n) is 8.21. The second kappa shape index (κ2) is 7.58. The fourth-order valence-corrected chi connectivity index (χ4v) is 2.90. The molecule has 1 aromatic heterocycles. The number of methoxy groups -OCH3 is 1. The lowest BCUT2D eigenvalue weighted by Gasteiger charge is -2.12. The van der Waals surface area contributed by atoms with E-state index in [9.17, 15) is 10.1 Å². The molecule has 0 atom stereocenters. The zero-order chi connectivity index (χ0) is 18.5. The molecule has 3 aromatic rings. The van der Waals surface area contributed by atoms with Gasteiger partial charge in [0.25, 0.3) is 0 Å². The highest BCUT2D eigenvalue weighted by Crippen LogP contribution is 2.35. The van der Waals surface area contributed by atoms with Gasteiger partial charge < -0.3 is 14.5 Å². The van der Waals surface area contributed by atoms with Crippen LogP contribution < -0.4 is 4.74 Å². The van der Waals surface area contributed by atoms with E-state index >= 15 is 0 Å². The summed E-state index contributed by atoms with van der Waals surface area (Å²) < 4.78 is 10.5. The second-order valence-electron chi connectivity index (χ2n) is 5.59. The minimum absolute atomic E-state index is 0.290. The lowest BCUT2D eigenvalue weighted by molar-refractivity contribution is -0.137. The number of nitriles is 1. The molecule has 0 bridgehead atoms. The Morgan fingerprint density at radius 1 is 1.27 bits per heavy atom. The Balaban J connectivity index is 2.32. The lowest BCUT2D eigenvalue weighted by Crippen LogP contribution is -2.02. The number of rotatable bonds is 5. The number of esters is 1.